The molecule has 0 fully saturated rings. The Hall–Kier alpha value is -1.69. The first-order chi connectivity index (χ1) is 9.79. The van der Waals surface area contributed by atoms with Gasteiger partial charge < -0.3 is 15.2 Å². The van der Waals surface area contributed by atoms with Gasteiger partial charge in [0.2, 0.25) is 0 Å². The third-order valence-electron chi connectivity index (χ3n) is 3.05. The van der Waals surface area contributed by atoms with Gasteiger partial charge in [-0.2, -0.15) is 5.10 Å². The van der Waals surface area contributed by atoms with Gasteiger partial charge in [0.05, 0.1) is 18.4 Å². The number of methoxy groups -OCH3 is 1. The lowest BCUT2D eigenvalue weighted by molar-refractivity contribution is 0.0594. The zero-order chi connectivity index (χ0) is 14.2. The molecule has 5 heteroatoms. The van der Waals surface area contributed by atoms with Gasteiger partial charge in [-0.05, 0) is 36.7 Å². The Morgan fingerprint density at radius 3 is 2.80 bits per heavy atom. The van der Waals surface area contributed by atoms with Crippen molar-refractivity contribution in [2.24, 2.45) is 0 Å². The van der Waals surface area contributed by atoms with Gasteiger partial charge in [0.25, 0.3) is 0 Å². The first-order valence-electron chi connectivity index (χ1n) is 6.76. The molecule has 1 aromatic carbocycles. The molecule has 0 saturated carbocycles. The van der Waals surface area contributed by atoms with Crippen LogP contribution in [0.5, 0.6) is 0 Å². The number of aliphatic hydroxyl groups excluding tert-OH is 1. The Bertz CT molecular complexity index is 482. The van der Waals surface area contributed by atoms with Crippen LogP contribution in [0.1, 0.15) is 12.0 Å². The van der Waals surface area contributed by atoms with Gasteiger partial charge in [0.15, 0.2) is 0 Å². The number of rotatable bonds is 8. The van der Waals surface area contributed by atoms with E-state index in [2.05, 4.69) is 22.5 Å². The zero-order valence-corrected chi connectivity index (χ0v) is 11.7. The van der Waals surface area contributed by atoms with Gasteiger partial charge in [-0.15, -0.1) is 0 Å². The second kappa shape index (κ2) is 7.79. The molecule has 2 N–H and O–H groups in total. The Morgan fingerprint density at radius 1 is 1.35 bits per heavy atom. The molecule has 108 valence electrons. The molecule has 0 amide bonds. The number of ether oxygens (including phenoxy) is 1. The van der Waals surface area contributed by atoms with Crippen molar-refractivity contribution in [1.82, 2.24) is 15.1 Å². The lowest BCUT2D eigenvalue weighted by atomic mass is 10.2. The molecular weight excluding hydrogens is 254 g/mol. The summed E-state index contributed by atoms with van der Waals surface area (Å²) in [6.45, 7) is 1.95. The van der Waals surface area contributed by atoms with E-state index in [0.29, 0.717) is 13.0 Å². The quantitative estimate of drug-likeness (QED) is 0.714. The average Bonchev–Trinajstić information content (AvgIpc) is 2.99. The van der Waals surface area contributed by atoms with E-state index in [0.717, 1.165) is 18.8 Å². The summed E-state index contributed by atoms with van der Waals surface area (Å²) < 4.78 is 6.71. The SMILES string of the molecule is COCC(O)CCNCc1ccc(-n2cccn2)cc1. The number of nitrogens with zero attached hydrogens (tertiary/aromatic N) is 2. The molecule has 2 aromatic rings. The van der Waals surface area contributed by atoms with Crippen LogP contribution in [0, 0.1) is 0 Å². The van der Waals surface area contributed by atoms with E-state index in [1.165, 1.54) is 5.56 Å². The summed E-state index contributed by atoms with van der Waals surface area (Å²) in [7, 11) is 1.60. The van der Waals surface area contributed by atoms with Crippen molar-refractivity contribution in [3.8, 4) is 5.69 Å². The van der Waals surface area contributed by atoms with Crippen molar-refractivity contribution < 1.29 is 9.84 Å². The summed E-state index contributed by atoms with van der Waals surface area (Å²) in [5.41, 5.74) is 2.26. The highest BCUT2D eigenvalue weighted by Crippen LogP contribution is 2.08. The fourth-order valence-corrected chi connectivity index (χ4v) is 1.97. The van der Waals surface area contributed by atoms with Crippen molar-refractivity contribution in [3.63, 3.8) is 0 Å². The third-order valence-corrected chi connectivity index (χ3v) is 3.05. The van der Waals surface area contributed by atoms with E-state index in [1.54, 1.807) is 13.3 Å². The summed E-state index contributed by atoms with van der Waals surface area (Å²) in [6.07, 6.45) is 3.99. The molecule has 0 bridgehead atoms. The molecule has 2 rings (SSSR count). The highest BCUT2D eigenvalue weighted by Gasteiger charge is 2.02. The lowest BCUT2D eigenvalue weighted by Crippen LogP contribution is -2.23. The number of aromatic nitrogens is 2. The highest BCUT2D eigenvalue weighted by atomic mass is 16.5. The Labute approximate surface area is 119 Å². The largest absolute Gasteiger partial charge is 0.391 e. The van der Waals surface area contributed by atoms with E-state index < -0.39 is 6.10 Å². The molecule has 20 heavy (non-hydrogen) atoms. The molecule has 1 heterocycles. The van der Waals surface area contributed by atoms with E-state index in [4.69, 9.17) is 4.74 Å². The third kappa shape index (κ3) is 4.45. The van der Waals surface area contributed by atoms with Crippen LogP contribution in [0.15, 0.2) is 42.7 Å². The zero-order valence-electron chi connectivity index (χ0n) is 11.7. The number of nitrogens with one attached hydrogen (secondary N) is 1. The van der Waals surface area contributed by atoms with Crippen LogP contribution in [0.25, 0.3) is 5.69 Å². The minimum atomic E-state index is -0.394. The second-order valence-electron chi connectivity index (χ2n) is 4.69. The summed E-state index contributed by atoms with van der Waals surface area (Å²) in [5.74, 6) is 0. The molecule has 1 atom stereocenters. The smallest absolute Gasteiger partial charge is 0.0785 e. The van der Waals surface area contributed by atoms with Crippen molar-refractivity contribution in [1.29, 1.82) is 0 Å². The molecule has 1 unspecified atom stereocenters. The Kier molecular flexibility index (Phi) is 5.73. The maximum atomic E-state index is 9.51. The monoisotopic (exact) mass is 275 g/mol. The van der Waals surface area contributed by atoms with Crippen LogP contribution in [0.4, 0.5) is 0 Å². The Morgan fingerprint density at radius 2 is 2.15 bits per heavy atom. The van der Waals surface area contributed by atoms with E-state index >= 15 is 0 Å². The number of hydrogen-bond acceptors (Lipinski definition) is 4. The molecule has 0 spiro atoms. The summed E-state index contributed by atoms with van der Waals surface area (Å²) in [4.78, 5) is 0. The van der Waals surface area contributed by atoms with Crippen molar-refractivity contribution in [2.75, 3.05) is 20.3 Å². The van der Waals surface area contributed by atoms with Gasteiger partial charge in [-0.25, -0.2) is 4.68 Å². The summed E-state index contributed by atoms with van der Waals surface area (Å²) in [5, 5.41) is 17.0. The molecule has 0 aliphatic rings. The van der Waals surface area contributed by atoms with Crippen LogP contribution in [-0.4, -0.2) is 41.3 Å². The first kappa shape index (κ1) is 14.7. The van der Waals surface area contributed by atoms with Crippen LogP contribution < -0.4 is 5.32 Å². The van der Waals surface area contributed by atoms with E-state index in [9.17, 15) is 5.11 Å². The molecular formula is C15H21N3O2. The van der Waals surface area contributed by atoms with Crippen LogP contribution in [-0.2, 0) is 11.3 Å². The maximum Gasteiger partial charge on any atom is 0.0785 e. The minimum Gasteiger partial charge on any atom is -0.391 e. The summed E-state index contributed by atoms with van der Waals surface area (Å²) >= 11 is 0. The number of benzene rings is 1. The number of aliphatic hydroxyl groups is 1. The van der Waals surface area contributed by atoms with Crippen molar-refractivity contribution in [2.45, 2.75) is 19.1 Å². The fraction of sp³-hybridized carbons (Fsp3) is 0.400. The van der Waals surface area contributed by atoms with Crippen LogP contribution >= 0.6 is 0 Å². The predicted molar refractivity (Wildman–Crippen MR) is 77.8 cm³/mol. The first-order valence-corrected chi connectivity index (χ1v) is 6.76. The van der Waals surface area contributed by atoms with Crippen LogP contribution in [0.2, 0.25) is 0 Å². The van der Waals surface area contributed by atoms with E-state index in [1.807, 2.05) is 29.1 Å². The average molecular weight is 275 g/mol. The standard InChI is InChI=1S/C15H21N3O2/c1-20-12-15(19)7-9-16-11-13-3-5-14(6-4-13)18-10-2-8-17-18/h2-6,8,10,15-16,19H,7,9,11-12H2,1H3. The lowest BCUT2D eigenvalue weighted by Gasteiger charge is -2.10. The fourth-order valence-electron chi connectivity index (χ4n) is 1.97. The molecule has 0 radical (unpaired) electrons. The van der Waals surface area contributed by atoms with Gasteiger partial charge in [0, 0.05) is 26.0 Å². The minimum absolute atomic E-state index is 0.389. The van der Waals surface area contributed by atoms with Crippen LogP contribution in [0.3, 0.4) is 0 Å². The van der Waals surface area contributed by atoms with Gasteiger partial charge in [-0.3, -0.25) is 0 Å². The number of hydrogen-bond donors (Lipinski definition) is 2. The van der Waals surface area contributed by atoms with Crippen molar-refractivity contribution >= 4 is 0 Å². The van der Waals surface area contributed by atoms with E-state index in [-0.39, 0.29) is 0 Å². The van der Waals surface area contributed by atoms with Gasteiger partial charge >= 0.3 is 0 Å². The molecule has 1 aromatic heterocycles. The highest BCUT2D eigenvalue weighted by molar-refractivity contribution is 5.33. The van der Waals surface area contributed by atoms with Gasteiger partial charge in [0.1, 0.15) is 0 Å². The normalized spacial score (nSPS) is 12.5. The maximum absolute atomic E-state index is 9.51. The molecule has 5 nitrogen and oxygen atoms in total. The van der Waals surface area contributed by atoms with Crippen molar-refractivity contribution in [3.05, 3.63) is 48.3 Å². The topological polar surface area (TPSA) is 59.3 Å². The van der Waals surface area contributed by atoms with Gasteiger partial charge in [-0.1, -0.05) is 12.1 Å². The second-order valence-corrected chi connectivity index (χ2v) is 4.69. The predicted octanol–water partition coefficient (Wildman–Crippen LogP) is 1.36. The molecule has 0 aliphatic carbocycles. The Balaban J connectivity index is 1.74. The molecule has 0 saturated heterocycles. The summed E-state index contributed by atoms with van der Waals surface area (Å²) in [6, 6.07) is 10.2. The molecule has 0 aliphatic heterocycles.